The quantitative estimate of drug-likeness (QED) is 0.0980. The first kappa shape index (κ1) is 40.0. The minimum atomic E-state index is -0.918. The number of aromatic nitrogens is 3. The molecule has 0 spiro atoms. The van der Waals surface area contributed by atoms with E-state index in [1.54, 1.807) is 35.7 Å². The molecule has 1 saturated heterocycles. The SMILES string of the molecule is Cc1ncsc1-c1ccc([C@H](C)NC(=O)[C@@H]2C[C@@H](O)CN2C(=O)[C@@H](NC(=O)CCCOc2ccc(-c3cnnc(-c4ccccc4O)c3)cc2)C(C)(C)C)cc1. The summed E-state index contributed by atoms with van der Waals surface area (Å²) >= 11 is 1.58. The number of para-hydroxylation sites is 1. The van der Waals surface area contributed by atoms with Crippen LogP contribution in [0.4, 0.5) is 0 Å². The summed E-state index contributed by atoms with van der Waals surface area (Å²) in [4.78, 5) is 47.7. The fourth-order valence-corrected chi connectivity index (χ4v) is 7.57. The molecule has 0 unspecified atom stereocenters. The molecule has 4 N–H and O–H groups in total. The molecule has 3 heterocycles. The van der Waals surface area contributed by atoms with Crippen molar-refractivity contribution < 1.29 is 29.3 Å². The molecule has 4 atom stereocenters. The van der Waals surface area contributed by atoms with Gasteiger partial charge < -0.3 is 30.5 Å². The Labute approximate surface area is 331 Å². The zero-order chi connectivity index (χ0) is 40.0. The van der Waals surface area contributed by atoms with E-state index >= 15 is 0 Å². The highest BCUT2D eigenvalue weighted by Crippen LogP contribution is 2.32. The maximum Gasteiger partial charge on any atom is 0.246 e. The number of nitrogens with one attached hydrogen (secondary N) is 2. The normalized spacial score (nSPS) is 16.6. The molecule has 5 aromatic rings. The van der Waals surface area contributed by atoms with Gasteiger partial charge in [0, 0.05) is 30.5 Å². The van der Waals surface area contributed by atoms with Crippen LogP contribution < -0.4 is 15.4 Å². The average Bonchev–Trinajstić information content (AvgIpc) is 3.80. The van der Waals surface area contributed by atoms with Gasteiger partial charge in [0.2, 0.25) is 17.7 Å². The van der Waals surface area contributed by atoms with Gasteiger partial charge in [0.05, 0.1) is 46.7 Å². The predicted molar refractivity (Wildman–Crippen MR) is 216 cm³/mol. The predicted octanol–water partition coefficient (Wildman–Crippen LogP) is 6.48. The van der Waals surface area contributed by atoms with Crippen LogP contribution in [0.2, 0.25) is 0 Å². The van der Waals surface area contributed by atoms with Crippen LogP contribution in [0.25, 0.3) is 32.8 Å². The number of rotatable bonds is 13. The van der Waals surface area contributed by atoms with Crippen molar-refractivity contribution in [1.29, 1.82) is 0 Å². The summed E-state index contributed by atoms with van der Waals surface area (Å²) in [6, 6.07) is 22.1. The molecule has 0 aliphatic carbocycles. The molecule has 13 heteroatoms. The van der Waals surface area contributed by atoms with E-state index in [4.69, 9.17) is 4.74 Å². The molecule has 3 amide bonds. The highest BCUT2D eigenvalue weighted by Gasteiger charge is 2.44. The first-order valence-corrected chi connectivity index (χ1v) is 19.6. The van der Waals surface area contributed by atoms with Gasteiger partial charge in [-0.05, 0) is 72.7 Å². The van der Waals surface area contributed by atoms with Crippen molar-refractivity contribution in [3.63, 3.8) is 0 Å². The molecule has 3 aromatic carbocycles. The van der Waals surface area contributed by atoms with Crippen molar-refractivity contribution in [3.8, 4) is 44.3 Å². The number of phenols is 1. The molecule has 2 aromatic heterocycles. The number of phenolic OH excluding ortho intramolecular Hbond substituents is 1. The van der Waals surface area contributed by atoms with E-state index in [2.05, 4.69) is 25.8 Å². The summed E-state index contributed by atoms with van der Waals surface area (Å²) in [5.74, 6) is -0.316. The molecule has 0 bridgehead atoms. The Hall–Kier alpha value is -5.66. The first-order chi connectivity index (χ1) is 26.8. The number of aryl methyl sites for hydroxylation is 1. The van der Waals surface area contributed by atoms with Gasteiger partial charge >= 0.3 is 0 Å². The number of hydrogen-bond acceptors (Lipinski definition) is 10. The van der Waals surface area contributed by atoms with Gasteiger partial charge in [-0.2, -0.15) is 10.2 Å². The molecular formula is C43H48N6O6S. The van der Waals surface area contributed by atoms with Gasteiger partial charge in [-0.3, -0.25) is 14.4 Å². The molecule has 292 valence electrons. The van der Waals surface area contributed by atoms with Crippen molar-refractivity contribution in [3.05, 3.63) is 102 Å². The number of benzene rings is 3. The second kappa shape index (κ2) is 17.4. The number of carbonyl (C=O) groups excluding carboxylic acids is 3. The molecule has 0 radical (unpaired) electrons. The Morgan fingerprint density at radius 3 is 2.38 bits per heavy atom. The van der Waals surface area contributed by atoms with Crippen LogP contribution in [0.5, 0.6) is 11.5 Å². The Morgan fingerprint density at radius 1 is 0.982 bits per heavy atom. The minimum Gasteiger partial charge on any atom is -0.507 e. The van der Waals surface area contributed by atoms with Crippen LogP contribution in [0.1, 0.15) is 64.3 Å². The Kier molecular flexibility index (Phi) is 12.5. The minimum absolute atomic E-state index is 0.00126. The lowest BCUT2D eigenvalue weighted by Gasteiger charge is -2.35. The van der Waals surface area contributed by atoms with Crippen LogP contribution in [0.3, 0.4) is 0 Å². The number of aliphatic hydroxyl groups is 1. The number of carbonyl (C=O) groups is 3. The molecule has 1 aliphatic rings. The van der Waals surface area contributed by atoms with E-state index in [1.807, 2.05) is 101 Å². The third kappa shape index (κ3) is 9.58. The van der Waals surface area contributed by atoms with Crippen molar-refractivity contribution in [1.82, 2.24) is 30.7 Å². The Bertz CT molecular complexity index is 2150. The highest BCUT2D eigenvalue weighted by molar-refractivity contribution is 7.13. The molecular weight excluding hydrogens is 729 g/mol. The van der Waals surface area contributed by atoms with Crippen molar-refractivity contribution >= 4 is 29.1 Å². The van der Waals surface area contributed by atoms with Crippen LogP contribution in [-0.2, 0) is 14.4 Å². The monoisotopic (exact) mass is 776 g/mol. The van der Waals surface area contributed by atoms with Crippen molar-refractivity contribution in [2.75, 3.05) is 13.2 Å². The topological polar surface area (TPSA) is 167 Å². The van der Waals surface area contributed by atoms with Gasteiger partial charge in [-0.25, -0.2) is 4.98 Å². The van der Waals surface area contributed by atoms with E-state index in [1.165, 1.54) is 4.90 Å². The number of amides is 3. The number of hydrogen-bond donors (Lipinski definition) is 4. The van der Waals surface area contributed by atoms with Crippen LogP contribution >= 0.6 is 11.3 Å². The van der Waals surface area contributed by atoms with Crippen molar-refractivity contribution in [2.45, 2.75) is 78.1 Å². The summed E-state index contributed by atoms with van der Waals surface area (Å²) in [5.41, 5.74) is 6.96. The van der Waals surface area contributed by atoms with Gasteiger partial charge in [0.25, 0.3) is 0 Å². The van der Waals surface area contributed by atoms with Gasteiger partial charge in [0.15, 0.2) is 0 Å². The summed E-state index contributed by atoms with van der Waals surface area (Å²) in [7, 11) is 0. The lowest BCUT2D eigenvalue weighted by Crippen LogP contribution is -2.57. The zero-order valence-corrected chi connectivity index (χ0v) is 33.0. The first-order valence-electron chi connectivity index (χ1n) is 18.7. The van der Waals surface area contributed by atoms with E-state index in [9.17, 15) is 24.6 Å². The summed E-state index contributed by atoms with van der Waals surface area (Å²) < 4.78 is 5.91. The number of nitrogens with zero attached hydrogens (tertiary/aromatic N) is 4. The Balaban J connectivity index is 1.00. The average molecular weight is 777 g/mol. The summed E-state index contributed by atoms with van der Waals surface area (Å²) in [6.07, 6.45) is 1.43. The van der Waals surface area contributed by atoms with Crippen LogP contribution in [0.15, 0.2) is 90.6 Å². The Morgan fingerprint density at radius 2 is 1.70 bits per heavy atom. The molecule has 1 fully saturated rings. The third-order valence-electron chi connectivity index (χ3n) is 9.90. The number of thiazole rings is 1. The zero-order valence-electron chi connectivity index (χ0n) is 32.2. The lowest BCUT2D eigenvalue weighted by molar-refractivity contribution is -0.144. The van der Waals surface area contributed by atoms with E-state index in [0.717, 1.165) is 32.8 Å². The largest absolute Gasteiger partial charge is 0.507 e. The third-order valence-corrected chi connectivity index (χ3v) is 10.9. The second-order valence-corrected chi connectivity index (χ2v) is 16.1. The number of likely N-dealkylation sites (tertiary alicyclic amines) is 1. The fourth-order valence-electron chi connectivity index (χ4n) is 6.76. The number of aromatic hydroxyl groups is 1. The summed E-state index contributed by atoms with van der Waals surface area (Å²) in [5, 5.41) is 35.0. The molecule has 0 saturated carbocycles. The summed E-state index contributed by atoms with van der Waals surface area (Å²) in [6.45, 7) is 9.71. The second-order valence-electron chi connectivity index (χ2n) is 15.2. The van der Waals surface area contributed by atoms with E-state index in [-0.39, 0.29) is 49.6 Å². The van der Waals surface area contributed by atoms with Gasteiger partial charge in [-0.1, -0.05) is 69.3 Å². The number of ether oxygens (including phenoxy) is 1. The molecule has 1 aliphatic heterocycles. The van der Waals surface area contributed by atoms with E-state index < -0.39 is 29.5 Å². The maximum absolute atomic E-state index is 14.0. The van der Waals surface area contributed by atoms with Crippen molar-refractivity contribution in [2.24, 2.45) is 5.41 Å². The van der Waals surface area contributed by atoms with Crippen LogP contribution in [0, 0.1) is 12.3 Å². The molecule has 56 heavy (non-hydrogen) atoms. The lowest BCUT2D eigenvalue weighted by atomic mass is 9.85. The maximum atomic E-state index is 14.0. The highest BCUT2D eigenvalue weighted by atomic mass is 32.1. The van der Waals surface area contributed by atoms with Gasteiger partial charge in [-0.15, -0.1) is 11.3 Å². The molecule has 12 nitrogen and oxygen atoms in total. The fraction of sp³-hybridized carbons (Fsp3) is 0.349. The standard InChI is InChI=1S/C43H48N6O6S/c1-26(28-12-14-30(15-13-28)39-27(2)44-25-56-39)46-41(53)36-22-32(50)24-49(36)42(54)40(43(3,4)5)47-38(52)11-8-20-55-33-18-16-29(17-19-33)31-21-35(48-45-23-31)34-9-6-7-10-37(34)51/h6-7,9-10,12-19,21,23,25-26,32,36,40,50-51H,8,11,20,22,24H2,1-5H3,(H,46,53)(H,47,52)/t26-,32+,36-,40+/m0/s1. The van der Waals surface area contributed by atoms with E-state index in [0.29, 0.717) is 23.4 Å². The van der Waals surface area contributed by atoms with Crippen LogP contribution in [-0.4, -0.2) is 79.4 Å². The number of β-amino-alcohol motifs (C(OH)–C–C–N with tert-alkyl or cyclic N) is 1. The van der Waals surface area contributed by atoms with Gasteiger partial charge in [0.1, 0.15) is 23.6 Å². The number of aliphatic hydroxyl groups excluding tert-OH is 1. The smallest absolute Gasteiger partial charge is 0.246 e. The molecule has 6 rings (SSSR count).